The maximum atomic E-state index is 12.9. The van der Waals surface area contributed by atoms with Gasteiger partial charge in [-0.3, -0.25) is 4.79 Å². The normalized spacial score (nSPS) is 21.0. The number of amides is 1. The number of piperidine rings is 1. The number of halogens is 1. The van der Waals surface area contributed by atoms with Crippen molar-refractivity contribution in [3.05, 3.63) is 36.0 Å². The molecular formula is C18H22FN3O2. The lowest BCUT2D eigenvalue weighted by molar-refractivity contribution is -0.133. The highest BCUT2D eigenvalue weighted by molar-refractivity contribution is 5.76. The molecule has 6 heteroatoms. The Bertz CT molecular complexity index is 689. The van der Waals surface area contributed by atoms with Crippen LogP contribution in [0.5, 0.6) is 0 Å². The molecule has 1 saturated heterocycles. The summed E-state index contributed by atoms with van der Waals surface area (Å²) in [5.41, 5.74) is 0.691. The van der Waals surface area contributed by atoms with Crippen molar-refractivity contribution in [2.45, 2.75) is 33.1 Å². The molecule has 1 amide bonds. The molecule has 0 N–H and O–H groups in total. The molecule has 0 aliphatic carbocycles. The molecule has 0 saturated carbocycles. The highest BCUT2D eigenvalue weighted by atomic mass is 19.1. The molecule has 0 radical (unpaired) electrons. The van der Waals surface area contributed by atoms with Crippen LogP contribution >= 0.6 is 0 Å². The Hall–Kier alpha value is -2.24. The standard InChI is InChI=1S/C18H22FN3O2/c1-12-9-13(2)11-22(10-12)17(23)8-7-16-20-18(21-24-16)14-3-5-15(19)6-4-14/h3-6,12-13H,7-11H2,1-2H3. The minimum Gasteiger partial charge on any atom is -0.342 e. The lowest BCUT2D eigenvalue weighted by atomic mass is 9.91. The number of benzene rings is 1. The number of hydrogen-bond donors (Lipinski definition) is 0. The molecule has 24 heavy (non-hydrogen) atoms. The number of aryl methyl sites for hydroxylation is 1. The summed E-state index contributed by atoms with van der Waals surface area (Å²) >= 11 is 0. The molecule has 0 spiro atoms. The molecule has 3 rings (SSSR count). The Labute approximate surface area is 140 Å². The first-order chi connectivity index (χ1) is 11.5. The zero-order chi connectivity index (χ0) is 17.1. The van der Waals surface area contributed by atoms with E-state index < -0.39 is 0 Å². The van der Waals surface area contributed by atoms with Crippen LogP contribution in [0.4, 0.5) is 4.39 Å². The van der Waals surface area contributed by atoms with E-state index in [0.717, 1.165) is 13.1 Å². The number of nitrogens with zero attached hydrogens (tertiary/aromatic N) is 3. The fraction of sp³-hybridized carbons (Fsp3) is 0.500. The lowest BCUT2D eigenvalue weighted by Gasteiger charge is -2.35. The molecule has 2 atom stereocenters. The van der Waals surface area contributed by atoms with Gasteiger partial charge in [-0.25, -0.2) is 4.39 Å². The molecule has 2 heterocycles. The molecule has 1 aromatic heterocycles. The molecule has 1 aliphatic heterocycles. The van der Waals surface area contributed by atoms with E-state index in [4.69, 9.17) is 4.52 Å². The summed E-state index contributed by atoms with van der Waals surface area (Å²) in [6.07, 6.45) is 1.96. The molecule has 5 nitrogen and oxygen atoms in total. The van der Waals surface area contributed by atoms with Crippen LogP contribution in [0.25, 0.3) is 11.4 Å². The van der Waals surface area contributed by atoms with E-state index in [0.29, 0.717) is 42.0 Å². The van der Waals surface area contributed by atoms with Gasteiger partial charge >= 0.3 is 0 Å². The first-order valence-electron chi connectivity index (χ1n) is 8.37. The maximum absolute atomic E-state index is 12.9. The van der Waals surface area contributed by atoms with E-state index in [1.807, 2.05) is 4.90 Å². The minimum absolute atomic E-state index is 0.134. The topological polar surface area (TPSA) is 59.2 Å². The van der Waals surface area contributed by atoms with Crippen molar-refractivity contribution in [3.63, 3.8) is 0 Å². The van der Waals surface area contributed by atoms with Crippen molar-refractivity contribution < 1.29 is 13.7 Å². The molecule has 2 aromatic rings. The molecule has 128 valence electrons. The van der Waals surface area contributed by atoms with Gasteiger partial charge in [0.25, 0.3) is 0 Å². The summed E-state index contributed by atoms with van der Waals surface area (Å²) in [7, 11) is 0. The Morgan fingerprint density at radius 2 is 1.92 bits per heavy atom. The number of rotatable bonds is 4. The van der Waals surface area contributed by atoms with Gasteiger partial charge in [0.15, 0.2) is 0 Å². The summed E-state index contributed by atoms with van der Waals surface area (Å²) in [6.45, 7) is 6.02. The number of carbonyl (C=O) groups excluding carboxylic acids is 1. The van der Waals surface area contributed by atoms with Crippen LogP contribution in [-0.4, -0.2) is 34.0 Å². The molecule has 1 fully saturated rings. The fourth-order valence-corrected chi connectivity index (χ4v) is 3.31. The molecule has 0 bridgehead atoms. The van der Waals surface area contributed by atoms with Gasteiger partial charge in [0.2, 0.25) is 17.6 Å². The average Bonchev–Trinajstić information content (AvgIpc) is 3.01. The van der Waals surface area contributed by atoms with Crippen LogP contribution in [0, 0.1) is 17.7 Å². The van der Waals surface area contributed by atoms with E-state index in [-0.39, 0.29) is 11.7 Å². The quantitative estimate of drug-likeness (QED) is 0.862. The summed E-state index contributed by atoms with van der Waals surface area (Å²) < 4.78 is 18.1. The smallest absolute Gasteiger partial charge is 0.227 e. The first-order valence-corrected chi connectivity index (χ1v) is 8.37. The highest BCUT2D eigenvalue weighted by Gasteiger charge is 2.25. The number of aromatic nitrogens is 2. The van der Waals surface area contributed by atoms with Crippen molar-refractivity contribution in [2.75, 3.05) is 13.1 Å². The summed E-state index contributed by atoms with van der Waals surface area (Å²) in [5, 5.41) is 3.90. The van der Waals surface area contributed by atoms with Crippen LogP contribution in [0.15, 0.2) is 28.8 Å². The molecule has 1 aliphatic rings. The predicted molar refractivity (Wildman–Crippen MR) is 87.5 cm³/mol. The summed E-state index contributed by atoms with van der Waals surface area (Å²) in [5.74, 6) is 1.77. The number of likely N-dealkylation sites (tertiary alicyclic amines) is 1. The number of hydrogen-bond acceptors (Lipinski definition) is 4. The van der Waals surface area contributed by atoms with Gasteiger partial charge in [-0.2, -0.15) is 4.98 Å². The average molecular weight is 331 g/mol. The Morgan fingerprint density at radius 1 is 1.25 bits per heavy atom. The largest absolute Gasteiger partial charge is 0.342 e. The van der Waals surface area contributed by atoms with Crippen LogP contribution in [-0.2, 0) is 11.2 Å². The van der Waals surface area contributed by atoms with Gasteiger partial charge in [0.1, 0.15) is 5.82 Å². The molecular weight excluding hydrogens is 309 g/mol. The van der Waals surface area contributed by atoms with Crippen molar-refractivity contribution >= 4 is 5.91 Å². The van der Waals surface area contributed by atoms with Gasteiger partial charge in [0, 0.05) is 31.5 Å². The second-order valence-electron chi connectivity index (χ2n) is 6.76. The van der Waals surface area contributed by atoms with Crippen molar-refractivity contribution in [3.8, 4) is 11.4 Å². The van der Waals surface area contributed by atoms with Crippen LogP contribution < -0.4 is 0 Å². The third kappa shape index (κ3) is 3.99. The molecule has 2 unspecified atom stereocenters. The van der Waals surface area contributed by atoms with Gasteiger partial charge in [-0.15, -0.1) is 0 Å². The van der Waals surface area contributed by atoms with Gasteiger partial charge < -0.3 is 9.42 Å². The monoisotopic (exact) mass is 331 g/mol. The third-order valence-corrected chi connectivity index (χ3v) is 4.34. The van der Waals surface area contributed by atoms with Crippen molar-refractivity contribution in [2.24, 2.45) is 11.8 Å². The third-order valence-electron chi connectivity index (χ3n) is 4.34. The number of carbonyl (C=O) groups is 1. The Balaban J connectivity index is 1.57. The van der Waals surface area contributed by atoms with E-state index in [9.17, 15) is 9.18 Å². The van der Waals surface area contributed by atoms with Crippen LogP contribution in [0.3, 0.4) is 0 Å². The second-order valence-corrected chi connectivity index (χ2v) is 6.76. The van der Waals surface area contributed by atoms with E-state index in [1.165, 1.54) is 18.6 Å². The maximum Gasteiger partial charge on any atom is 0.227 e. The predicted octanol–water partition coefficient (Wildman–Crippen LogP) is 3.31. The first kappa shape index (κ1) is 16.6. The van der Waals surface area contributed by atoms with E-state index >= 15 is 0 Å². The van der Waals surface area contributed by atoms with Crippen LogP contribution in [0.1, 0.15) is 32.6 Å². The zero-order valence-electron chi connectivity index (χ0n) is 14.0. The summed E-state index contributed by atoms with van der Waals surface area (Å²) in [6, 6.07) is 5.92. The van der Waals surface area contributed by atoms with E-state index in [2.05, 4.69) is 24.0 Å². The SMILES string of the molecule is CC1CC(C)CN(C(=O)CCc2nc(-c3ccc(F)cc3)no2)C1. The Morgan fingerprint density at radius 3 is 2.58 bits per heavy atom. The van der Waals surface area contributed by atoms with Gasteiger partial charge in [-0.05, 0) is 42.5 Å². The summed E-state index contributed by atoms with van der Waals surface area (Å²) in [4.78, 5) is 18.6. The van der Waals surface area contributed by atoms with E-state index in [1.54, 1.807) is 12.1 Å². The van der Waals surface area contributed by atoms with Crippen molar-refractivity contribution in [1.82, 2.24) is 15.0 Å². The zero-order valence-corrected chi connectivity index (χ0v) is 14.0. The van der Waals surface area contributed by atoms with Crippen molar-refractivity contribution in [1.29, 1.82) is 0 Å². The van der Waals surface area contributed by atoms with Gasteiger partial charge in [0.05, 0.1) is 0 Å². The molecule has 1 aromatic carbocycles. The lowest BCUT2D eigenvalue weighted by Crippen LogP contribution is -2.42. The minimum atomic E-state index is -0.307. The van der Waals surface area contributed by atoms with Gasteiger partial charge in [-0.1, -0.05) is 19.0 Å². The highest BCUT2D eigenvalue weighted by Crippen LogP contribution is 2.22. The second kappa shape index (κ2) is 7.11. The van der Waals surface area contributed by atoms with Crippen LogP contribution in [0.2, 0.25) is 0 Å². The Kier molecular flexibility index (Phi) is 4.92. The fourth-order valence-electron chi connectivity index (χ4n) is 3.31.